The maximum atomic E-state index is 12.2. The maximum absolute atomic E-state index is 12.2. The molecule has 0 radical (unpaired) electrons. The third-order valence-electron chi connectivity index (χ3n) is 4.16. The predicted octanol–water partition coefficient (Wildman–Crippen LogP) is 1.91. The van der Waals surface area contributed by atoms with Crippen molar-refractivity contribution >= 4 is 11.6 Å². The number of nitrogens with one attached hydrogen (secondary N) is 2. The van der Waals surface area contributed by atoms with E-state index in [1.54, 1.807) is 24.3 Å². The molecule has 20 heavy (non-hydrogen) atoms. The quantitative estimate of drug-likeness (QED) is 0.567. The topological polar surface area (TPSA) is 76.4 Å². The molecule has 0 heterocycles. The van der Waals surface area contributed by atoms with E-state index in [2.05, 4.69) is 24.6 Å². The van der Waals surface area contributed by atoms with Crippen LogP contribution in [0.3, 0.4) is 0 Å². The maximum Gasteiger partial charge on any atom is 0.251 e. The summed E-state index contributed by atoms with van der Waals surface area (Å²) in [6, 6.07) is 7.24. The van der Waals surface area contributed by atoms with Gasteiger partial charge in [0.1, 0.15) is 0 Å². The van der Waals surface area contributed by atoms with Crippen LogP contribution in [0.4, 0.5) is 5.69 Å². The van der Waals surface area contributed by atoms with E-state index in [1.807, 2.05) is 6.92 Å². The van der Waals surface area contributed by atoms with Gasteiger partial charge in [-0.25, -0.2) is 0 Å². The summed E-state index contributed by atoms with van der Waals surface area (Å²) in [5, 5.41) is 3.08. The summed E-state index contributed by atoms with van der Waals surface area (Å²) in [5.41, 5.74) is 3.94. The molecule has 0 saturated heterocycles. The van der Waals surface area contributed by atoms with Crippen molar-refractivity contribution < 1.29 is 9.53 Å². The van der Waals surface area contributed by atoms with E-state index in [4.69, 9.17) is 10.6 Å². The van der Waals surface area contributed by atoms with E-state index in [0.29, 0.717) is 12.2 Å². The highest BCUT2D eigenvalue weighted by atomic mass is 16.5. The molecule has 1 aromatic rings. The van der Waals surface area contributed by atoms with Crippen molar-refractivity contribution in [2.24, 2.45) is 11.3 Å². The summed E-state index contributed by atoms with van der Waals surface area (Å²) >= 11 is 0. The van der Waals surface area contributed by atoms with Crippen molar-refractivity contribution in [3.05, 3.63) is 29.8 Å². The number of rotatable bonds is 5. The first-order valence-corrected chi connectivity index (χ1v) is 6.98. The number of hydrogen-bond donors (Lipinski definition) is 3. The number of carbonyl (C=O) groups is 1. The molecule has 1 aliphatic carbocycles. The summed E-state index contributed by atoms with van der Waals surface area (Å²) in [6.45, 7) is 6.96. The van der Waals surface area contributed by atoms with Crippen molar-refractivity contribution in [2.45, 2.75) is 39.3 Å². The number of carbonyl (C=O) groups excluding carboxylic acids is 1. The Hall–Kier alpha value is -1.59. The van der Waals surface area contributed by atoms with Crippen LogP contribution >= 0.6 is 0 Å². The van der Waals surface area contributed by atoms with Gasteiger partial charge in [-0.1, -0.05) is 13.8 Å². The largest absolute Gasteiger partial charge is 0.378 e. The molecule has 5 nitrogen and oxygen atoms in total. The van der Waals surface area contributed by atoms with Crippen LogP contribution in [-0.2, 0) is 4.74 Å². The van der Waals surface area contributed by atoms with Gasteiger partial charge < -0.3 is 15.5 Å². The Kier molecular flexibility index (Phi) is 4.30. The molecule has 1 amide bonds. The van der Waals surface area contributed by atoms with Gasteiger partial charge in [-0.15, -0.1) is 0 Å². The van der Waals surface area contributed by atoms with Crippen molar-refractivity contribution in [2.75, 3.05) is 12.0 Å². The number of hydrogen-bond acceptors (Lipinski definition) is 4. The fourth-order valence-electron chi connectivity index (χ4n) is 2.57. The van der Waals surface area contributed by atoms with E-state index >= 15 is 0 Å². The number of ether oxygens (including phenoxy) is 1. The van der Waals surface area contributed by atoms with E-state index in [1.165, 1.54) is 0 Å². The number of amides is 1. The zero-order valence-corrected chi connectivity index (χ0v) is 12.3. The van der Waals surface area contributed by atoms with Crippen LogP contribution in [0.2, 0.25) is 0 Å². The highest BCUT2D eigenvalue weighted by Crippen LogP contribution is 2.42. The van der Waals surface area contributed by atoms with Crippen molar-refractivity contribution in [1.82, 2.24) is 5.32 Å². The third kappa shape index (κ3) is 2.78. The van der Waals surface area contributed by atoms with Gasteiger partial charge in [-0.2, -0.15) is 0 Å². The molecule has 2 atom stereocenters. The molecule has 1 aromatic carbocycles. The van der Waals surface area contributed by atoms with E-state index in [9.17, 15) is 4.79 Å². The third-order valence-corrected chi connectivity index (χ3v) is 4.16. The number of nitrogens with two attached hydrogens (primary N) is 1. The van der Waals surface area contributed by atoms with Gasteiger partial charge in [-0.3, -0.25) is 10.6 Å². The Labute approximate surface area is 119 Å². The second-order valence-electron chi connectivity index (χ2n) is 5.75. The summed E-state index contributed by atoms with van der Waals surface area (Å²) in [4.78, 5) is 12.2. The molecule has 0 aromatic heterocycles. The smallest absolute Gasteiger partial charge is 0.251 e. The Morgan fingerprint density at radius 2 is 2.05 bits per heavy atom. The van der Waals surface area contributed by atoms with Crippen LogP contribution in [0.5, 0.6) is 0 Å². The number of hydrazine groups is 1. The highest BCUT2D eigenvalue weighted by Gasteiger charge is 2.49. The fourth-order valence-corrected chi connectivity index (χ4v) is 2.57. The molecule has 0 spiro atoms. The van der Waals surface area contributed by atoms with E-state index in [0.717, 1.165) is 12.1 Å². The SMILES string of the molecule is CCOC1CC(NC(=O)c2ccc(NN)cc2)C1(C)C. The zero-order chi connectivity index (χ0) is 14.8. The van der Waals surface area contributed by atoms with Crippen LogP contribution in [0.15, 0.2) is 24.3 Å². The summed E-state index contributed by atoms with van der Waals surface area (Å²) in [6.07, 6.45) is 1.09. The van der Waals surface area contributed by atoms with Gasteiger partial charge >= 0.3 is 0 Å². The molecule has 0 aliphatic heterocycles. The Morgan fingerprint density at radius 3 is 2.55 bits per heavy atom. The average Bonchev–Trinajstić information content (AvgIpc) is 2.46. The number of anilines is 1. The van der Waals surface area contributed by atoms with Gasteiger partial charge in [-0.05, 0) is 37.6 Å². The number of nitrogen functional groups attached to an aromatic ring is 1. The molecule has 4 N–H and O–H groups in total. The Bertz CT molecular complexity index is 471. The van der Waals surface area contributed by atoms with Gasteiger partial charge in [0.15, 0.2) is 0 Å². The minimum Gasteiger partial charge on any atom is -0.378 e. The predicted molar refractivity (Wildman–Crippen MR) is 79.3 cm³/mol. The molecule has 5 heteroatoms. The molecule has 1 fully saturated rings. The minimum absolute atomic E-state index is 0.0234. The lowest BCUT2D eigenvalue weighted by Gasteiger charge is -2.51. The standard InChI is InChI=1S/C15H23N3O2/c1-4-20-13-9-12(15(13,2)3)17-14(19)10-5-7-11(18-16)8-6-10/h5-8,12-13,18H,4,9,16H2,1-3H3,(H,17,19). The van der Waals surface area contributed by atoms with Crippen LogP contribution in [0.1, 0.15) is 37.6 Å². The molecule has 2 unspecified atom stereocenters. The summed E-state index contributed by atoms with van der Waals surface area (Å²) in [7, 11) is 0. The monoisotopic (exact) mass is 277 g/mol. The van der Waals surface area contributed by atoms with Crippen molar-refractivity contribution in [3.63, 3.8) is 0 Å². The molecule has 2 rings (SSSR count). The molecular weight excluding hydrogens is 254 g/mol. The zero-order valence-electron chi connectivity index (χ0n) is 12.3. The molecule has 0 bridgehead atoms. The van der Waals surface area contributed by atoms with Crippen molar-refractivity contribution in [1.29, 1.82) is 0 Å². The fraction of sp³-hybridized carbons (Fsp3) is 0.533. The van der Waals surface area contributed by atoms with Gasteiger partial charge in [0.2, 0.25) is 0 Å². The second-order valence-corrected chi connectivity index (χ2v) is 5.75. The van der Waals surface area contributed by atoms with Gasteiger partial charge in [0, 0.05) is 29.3 Å². The number of benzene rings is 1. The summed E-state index contributed by atoms with van der Waals surface area (Å²) < 4.78 is 5.67. The van der Waals surface area contributed by atoms with Crippen molar-refractivity contribution in [3.8, 4) is 0 Å². The first-order chi connectivity index (χ1) is 9.48. The second kappa shape index (κ2) is 5.81. The van der Waals surface area contributed by atoms with E-state index < -0.39 is 0 Å². The first-order valence-electron chi connectivity index (χ1n) is 6.98. The lowest BCUT2D eigenvalue weighted by Crippen LogP contribution is -2.62. The Balaban J connectivity index is 1.95. The highest BCUT2D eigenvalue weighted by molar-refractivity contribution is 5.94. The molecular formula is C15H23N3O2. The lowest BCUT2D eigenvalue weighted by atomic mass is 9.64. The summed E-state index contributed by atoms with van der Waals surface area (Å²) in [5.74, 6) is 5.25. The lowest BCUT2D eigenvalue weighted by molar-refractivity contribution is -0.111. The van der Waals surface area contributed by atoms with E-state index in [-0.39, 0.29) is 23.5 Å². The normalized spacial score (nSPS) is 23.8. The van der Waals surface area contributed by atoms with Gasteiger partial charge in [0.25, 0.3) is 5.91 Å². The molecule has 110 valence electrons. The molecule has 1 aliphatic rings. The van der Waals surface area contributed by atoms with Crippen LogP contribution in [-0.4, -0.2) is 24.7 Å². The van der Waals surface area contributed by atoms with Crippen LogP contribution < -0.4 is 16.6 Å². The Morgan fingerprint density at radius 1 is 1.40 bits per heavy atom. The van der Waals surface area contributed by atoms with Crippen LogP contribution in [0.25, 0.3) is 0 Å². The van der Waals surface area contributed by atoms with Crippen LogP contribution in [0, 0.1) is 5.41 Å². The average molecular weight is 277 g/mol. The first kappa shape index (κ1) is 14.8. The van der Waals surface area contributed by atoms with Gasteiger partial charge in [0.05, 0.1) is 6.10 Å². The molecule has 1 saturated carbocycles. The minimum atomic E-state index is -0.0541.